The largest absolute Gasteiger partial charge is 0.495 e. The predicted octanol–water partition coefficient (Wildman–Crippen LogP) is 4.90. The molecular weight excluding hydrogens is 404 g/mol. The third-order valence-corrected chi connectivity index (χ3v) is 6.68. The van der Waals surface area contributed by atoms with Crippen LogP contribution in [0.5, 0.6) is 5.75 Å². The highest BCUT2D eigenvalue weighted by atomic mass is 32.2. The SMILES string of the molecule is COc1ccc(C)cc1NC(=O)[C@H](Sc1nnc(NC2CC2)s1)c1ccccc1. The molecule has 1 heterocycles. The number of rotatable bonds is 8. The molecule has 29 heavy (non-hydrogen) atoms. The normalized spacial score (nSPS) is 14.3. The first-order valence-electron chi connectivity index (χ1n) is 9.39. The molecule has 1 fully saturated rings. The number of anilines is 2. The number of nitrogens with zero attached hydrogens (tertiary/aromatic N) is 2. The number of hydrogen-bond donors (Lipinski definition) is 2. The van der Waals surface area contributed by atoms with Gasteiger partial charge in [-0.2, -0.15) is 0 Å². The van der Waals surface area contributed by atoms with Crippen molar-refractivity contribution in [2.24, 2.45) is 0 Å². The number of amides is 1. The van der Waals surface area contributed by atoms with Crippen LogP contribution in [-0.4, -0.2) is 29.3 Å². The number of methoxy groups -OCH3 is 1. The second kappa shape index (κ2) is 8.84. The lowest BCUT2D eigenvalue weighted by Gasteiger charge is -2.17. The minimum atomic E-state index is -0.455. The van der Waals surface area contributed by atoms with Crippen LogP contribution in [0.4, 0.5) is 10.8 Å². The summed E-state index contributed by atoms with van der Waals surface area (Å²) < 4.78 is 6.16. The van der Waals surface area contributed by atoms with Crippen molar-refractivity contribution in [3.8, 4) is 5.75 Å². The first kappa shape index (κ1) is 19.7. The molecule has 0 unspecified atom stereocenters. The highest BCUT2D eigenvalue weighted by Gasteiger charge is 2.26. The van der Waals surface area contributed by atoms with Crippen LogP contribution in [0, 0.1) is 6.92 Å². The minimum Gasteiger partial charge on any atom is -0.495 e. The van der Waals surface area contributed by atoms with Crippen molar-refractivity contribution in [1.82, 2.24) is 10.2 Å². The number of aryl methyl sites for hydroxylation is 1. The standard InChI is InChI=1S/C21H22N4O2S2/c1-13-8-11-17(27-2)16(12-13)23-19(26)18(14-6-4-3-5-7-14)28-21-25-24-20(29-21)22-15-9-10-15/h3-8,11-12,15,18H,9-10H2,1-2H3,(H,22,24)(H,23,26)/t18-/m1/s1. The Morgan fingerprint density at radius 2 is 2.00 bits per heavy atom. The van der Waals surface area contributed by atoms with Gasteiger partial charge in [-0.3, -0.25) is 4.79 Å². The molecular formula is C21H22N4O2S2. The van der Waals surface area contributed by atoms with Gasteiger partial charge in [-0.1, -0.05) is 59.5 Å². The van der Waals surface area contributed by atoms with Crippen LogP contribution in [-0.2, 0) is 4.79 Å². The fourth-order valence-electron chi connectivity index (χ4n) is 2.84. The number of hydrogen-bond acceptors (Lipinski definition) is 7. The van der Waals surface area contributed by atoms with Gasteiger partial charge >= 0.3 is 0 Å². The molecule has 1 saturated carbocycles. The highest BCUT2D eigenvalue weighted by molar-refractivity contribution is 8.02. The maximum atomic E-state index is 13.2. The number of ether oxygens (including phenoxy) is 1. The van der Waals surface area contributed by atoms with Gasteiger partial charge < -0.3 is 15.4 Å². The zero-order chi connectivity index (χ0) is 20.2. The van der Waals surface area contributed by atoms with Crippen molar-refractivity contribution in [1.29, 1.82) is 0 Å². The summed E-state index contributed by atoms with van der Waals surface area (Å²) in [5.41, 5.74) is 2.62. The van der Waals surface area contributed by atoms with Gasteiger partial charge in [-0.25, -0.2) is 0 Å². The molecule has 8 heteroatoms. The summed E-state index contributed by atoms with van der Waals surface area (Å²) in [6.07, 6.45) is 2.35. The smallest absolute Gasteiger partial charge is 0.242 e. The van der Waals surface area contributed by atoms with E-state index in [1.54, 1.807) is 7.11 Å². The second-order valence-corrected chi connectivity index (χ2v) is 9.22. The van der Waals surface area contributed by atoms with Crippen LogP contribution in [0.25, 0.3) is 0 Å². The Kier molecular flexibility index (Phi) is 6.01. The molecule has 0 radical (unpaired) electrons. The van der Waals surface area contributed by atoms with E-state index in [-0.39, 0.29) is 5.91 Å². The van der Waals surface area contributed by atoms with Crippen LogP contribution in [0.3, 0.4) is 0 Å². The van der Waals surface area contributed by atoms with Gasteiger partial charge in [0.15, 0.2) is 4.34 Å². The lowest BCUT2D eigenvalue weighted by molar-refractivity contribution is -0.115. The van der Waals surface area contributed by atoms with Crippen molar-refractivity contribution in [3.05, 3.63) is 59.7 Å². The highest BCUT2D eigenvalue weighted by Crippen LogP contribution is 2.40. The molecule has 3 aromatic rings. The molecule has 1 aromatic heterocycles. The fourth-order valence-corrected chi connectivity index (χ4v) is 4.86. The Morgan fingerprint density at radius 3 is 2.72 bits per heavy atom. The molecule has 150 valence electrons. The van der Waals surface area contributed by atoms with E-state index in [0.29, 0.717) is 17.5 Å². The van der Waals surface area contributed by atoms with Crippen molar-refractivity contribution in [2.75, 3.05) is 17.7 Å². The molecule has 1 aliphatic carbocycles. The molecule has 0 bridgehead atoms. The lowest BCUT2D eigenvalue weighted by Crippen LogP contribution is -2.19. The first-order chi connectivity index (χ1) is 14.1. The van der Waals surface area contributed by atoms with Crippen LogP contribution >= 0.6 is 23.1 Å². The average molecular weight is 427 g/mol. The van der Waals surface area contributed by atoms with E-state index in [1.165, 1.54) is 35.9 Å². The number of thioether (sulfide) groups is 1. The molecule has 0 aliphatic heterocycles. The van der Waals surface area contributed by atoms with Gasteiger partial charge in [-0.05, 0) is 43.0 Å². The molecule has 4 rings (SSSR count). The van der Waals surface area contributed by atoms with E-state index in [1.807, 2.05) is 55.5 Å². The zero-order valence-corrected chi connectivity index (χ0v) is 17.8. The van der Waals surface area contributed by atoms with Gasteiger partial charge in [0.2, 0.25) is 11.0 Å². The molecule has 2 aromatic carbocycles. The van der Waals surface area contributed by atoms with Crippen LogP contribution in [0.15, 0.2) is 52.9 Å². The van der Waals surface area contributed by atoms with E-state index >= 15 is 0 Å². The van der Waals surface area contributed by atoms with E-state index in [2.05, 4.69) is 20.8 Å². The first-order valence-corrected chi connectivity index (χ1v) is 11.1. The third kappa shape index (κ3) is 5.07. The summed E-state index contributed by atoms with van der Waals surface area (Å²) in [5.74, 6) is 0.504. The summed E-state index contributed by atoms with van der Waals surface area (Å²) in [5, 5.41) is 15.2. The van der Waals surface area contributed by atoms with Crippen LogP contribution < -0.4 is 15.4 Å². The number of carbonyl (C=O) groups excluding carboxylic acids is 1. The molecule has 1 amide bonds. The summed E-state index contributed by atoms with van der Waals surface area (Å²) in [6, 6.07) is 15.9. The average Bonchev–Trinajstić information content (AvgIpc) is 3.43. The van der Waals surface area contributed by atoms with Gasteiger partial charge in [0.05, 0.1) is 12.8 Å². The van der Waals surface area contributed by atoms with E-state index in [0.717, 1.165) is 20.6 Å². The second-order valence-electron chi connectivity index (χ2n) is 6.89. The van der Waals surface area contributed by atoms with E-state index in [4.69, 9.17) is 4.74 Å². The monoisotopic (exact) mass is 426 g/mol. The summed E-state index contributed by atoms with van der Waals surface area (Å²) >= 11 is 2.89. The number of carbonyl (C=O) groups is 1. The Hall–Kier alpha value is -2.58. The van der Waals surface area contributed by atoms with Crippen molar-refractivity contribution in [3.63, 3.8) is 0 Å². The van der Waals surface area contributed by atoms with Gasteiger partial charge in [0.1, 0.15) is 11.0 Å². The Balaban J connectivity index is 1.56. The van der Waals surface area contributed by atoms with E-state index < -0.39 is 5.25 Å². The number of benzene rings is 2. The summed E-state index contributed by atoms with van der Waals surface area (Å²) in [7, 11) is 1.60. The summed E-state index contributed by atoms with van der Waals surface area (Å²) in [6.45, 7) is 1.98. The zero-order valence-electron chi connectivity index (χ0n) is 16.2. The quantitative estimate of drug-likeness (QED) is 0.499. The Labute approximate surface area is 178 Å². The van der Waals surface area contributed by atoms with Crippen molar-refractivity contribution < 1.29 is 9.53 Å². The molecule has 6 nitrogen and oxygen atoms in total. The van der Waals surface area contributed by atoms with Crippen LogP contribution in [0.2, 0.25) is 0 Å². The summed E-state index contributed by atoms with van der Waals surface area (Å²) in [4.78, 5) is 13.2. The van der Waals surface area contributed by atoms with Gasteiger partial charge in [0.25, 0.3) is 0 Å². The molecule has 2 N–H and O–H groups in total. The Morgan fingerprint density at radius 1 is 1.21 bits per heavy atom. The molecule has 0 saturated heterocycles. The number of nitrogens with one attached hydrogen (secondary N) is 2. The lowest BCUT2D eigenvalue weighted by atomic mass is 10.1. The predicted molar refractivity (Wildman–Crippen MR) is 118 cm³/mol. The number of aromatic nitrogens is 2. The van der Waals surface area contributed by atoms with Crippen LogP contribution in [0.1, 0.15) is 29.2 Å². The Bertz CT molecular complexity index is 989. The van der Waals surface area contributed by atoms with E-state index in [9.17, 15) is 4.79 Å². The van der Waals surface area contributed by atoms with Crippen molar-refractivity contribution >= 4 is 39.8 Å². The van der Waals surface area contributed by atoms with Gasteiger partial charge in [0, 0.05) is 6.04 Å². The third-order valence-electron chi connectivity index (χ3n) is 4.48. The molecule has 1 atom stereocenters. The minimum absolute atomic E-state index is 0.128. The maximum Gasteiger partial charge on any atom is 0.242 e. The van der Waals surface area contributed by atoms with Crippen molar-refractivity contribution in [2.45, 2.75) is 35.4 Å². The molecule has 1 aliphatic rings. The fraction of sp³-hybridized carbons (Fsp3) is 0.286. The molecule has 0 spiro atoms. The van der Waals surface area contributed by atoms with Gasteiger partial charge in [-0.15, -0.1) is 10.2 Å². The topological polar surface area (TPSA) is 76.1 Å². The maximum absolute atomic E-state index is 13.2.